The summed E-state index contributed by atoms with van der Waals surface area (Å²) in [5.74, 6) is 2.91. The van der Waals surface area contributed by atoms with Crippen molar-refractivity contribution in [3.05, 3.63) is 18.2 Å². The van der Waals surface area contributed by atoms with Crippen LogP contribution >= 0.6 is 0 Å². The lowest BCUT2D eigenvalue weighted by atomic mass is 9.92. The van der Waals surface area contributed by atoms with Crippen LogP contribution in [0.5, 0.6) is 11.5 Å². The second-order valence-corrected chi connectivity index (χ2v) is 6.57. The highest BCUT2D eigenvalue weighted by atomic mass is 16.7. The van der Waals surface area contributed by atoms with E-state index in [0.29, 0.717) is 12.2 Å². The van der Waals surface area contributed by atoms with E-state index in [-0.39, 0.29) is 12.7 Å². The molecule has 2 heterocycles. The van der Waals surface area contributed by atoms with Gasteiger partial charge in [0.15, 0.2) is 11.5 Å². The number of rotatable bonds is 4. The summed E-state index contributed by atoms with van der Waals surface area (Å²) in [5, 5.41) is 2.93. The number of nitrogens with zero attached hydrogens (tertiary/aromatic N) is 1. The van der Waals surface area contributed by atoms with Crippen LogP contribution in [0.25, 0.3) is 0 Å². The Morgan fingerprint density at radius 3 is 2.73 bits per heavy atom. The highest BCUT2D eigenvalue weighted by molar-refractivity contribution is 5.91. The van der Waals surface area contributed by atoms with Gasteiger partial charge < -0.3 is 19.7 Å². The monoisotopic (exact) mass is 304 g/mol. The molecule has 0 aliphatic carbocycles. The summed E-state index contributed by atoms with van der Waals surface area (Å²) < 4.78 is 10.6. The molecule has 1 saturated heterocycles. The lowest BCUT2D eigenvalue weighted by Gasteiger charge is -2.34. The van der Waals surface area contributed by atoms with Crippen LogP contribution in [0, 0.1) is 11.8 Å². The normalized spacial score (nSPS) is 24.3. The predicted octanol–water partition coefficient (Wildman–Crippen LogP) is 2.72. The van der Waals surface area contributed by atoms with Crippen LogP contribution in [0.4, 0.5) is 5.69 Å². The lowest BCUT2D eigenvalue weighted by Crippen LogP contribution is -2.40. The van der Waals surface area contributed by atoms with Crippen molar-refractivity contribution in [2.24, 2.45) is 11.8 Å². The molecule has 5 heteroatoms. The van der Waals surface area contributed by atoms with Crippen molar-refractivity contribution in [1.82, 2.24) is 4.90 Å². The molecular formula is C17H24N2O3. The van der Waals surface area contributed by atoms with Gasteiger partial charge in [-0.2, -0.15) is 0 Å². The zero-order valence-corrected chi connectivity index (χ0v) is 13.3. The van der Waals surface area contributed by atoms with Crippen molar-refractivity contribution in [3.63, 3.8) is 0 Å². The molecule has 1 N–H and O–H groups in total. The van der Waals surface area contributed by atoms with Gasteiger partial charge >= 0.3 is 0 Å². The van der Waals surface area contributed by atoms with Gasteiger partial charge in [0, 0.05) is 37.8 Å². The Bertz CT molecular complexity index is 537. The lowest BCUT2D eigenvalue weighted by molar-refractivity contribution is -0.116. The van der Waals surface area contributed by atoms with Crippen molar-refractivity contribution in [1.29, 1.82) is 0 Å². The number of ether oxygens (including phenoxy) is 2. The fourth-order valence-electron chi connectivity index (χ4n) is 3.43. The number of benzene rings is 1. The van der Waals surface area contributed by atoms with Gasteiger partial charge in [0.2, 0.25) is 12.7 Å². The Kier molecular flexibility index (Phi) is 4.52. The topological polar surface area (TPSA) is 50.8 Å². The zero-order chi connectivity index (χ0) is 15.5. The van der Waals surface area contributed by atoms with Crippen molar-refractivity contribution >= 4 is 11.6 Å². The van der Waals surface area contributed by atoms with E-state index in [9.17, 15) is 4.79 Å². The maximum absolute atomic E-state index is 12.1. The van der Waals surface area contributed by atoms with Crippen LogP contribution in [0.3, 0.4) is 0 Å². The van der Waals surface area contributed by atoms with Crippen LogP contribution in [-0.2, 0) is 4.79 Å². The molecule has 1 aromatic carbocycles. The molecule has 5 nitrogen and oxygen atoms in total. The first kappa shape index (κ1) is 15.2. The fourth-order valence-corrected chi connectivity index (χ4v) is 3.43. The number of likely N-dealkylation sites (tertiary alicyclic amines) is 1. The first-order chi connectivity index (χ1) is 10.6. The Hall–Kier alpha value is -1.75. The fraction of sp³-hybridized carbons (Fsp3) is 0.588. The van der Waals surface area contributed by atoms with E-state index >= 15 is 0 Å². The van der Waals surface area contributed by atoms with Crippen molar-refractivity contribution in [2.45, 2.75) is 26.7 Å². The van der Waals surface area contributed by atoms with Crippen molar-refractivity contribution in [2.75, 3.05) is 31.7 Å². The molecule has 2 aliphatic rings. The molecule has 1 amide bonds. The molecule has 0 spiro atoms. The molecule has 0 aromatic heterocycles. The summed E-state index contributed by atoms with van der Waals surface area (Å²) in [6.45, 7) is 7.84. The minimum absolute atomic E-state index is 0.0461. The third-order valence-electron chi connectivity index (χ3n) is 4.26. The minimum atomic E-state index is 0.0461. The maximum atomic E-state index is 12.1. The third kappa shape index (κ3) is 3.71. The van der Waals surface area contributed by atoms with Crippen LogP contribution in [-0.4, -0.2) is 37.2 Å². The van der Waals surface area contributed by atoms with Crippen molar-refractivity contribution in [3.8, 4) is 11.5 Å². The van der Waals surface area contributed by atoms with Gasteiger partial charge in [0.1, 0.15) is 0 Å². The second kappa shape index (κ2) is 6.57. The third-order valence-corrected chi connectivity index (χ3v) is 4.26. The molecule has 0 unspecified atom stereocenters. The summed E-state index contributed by atoms with van der Waals surface area (Å²) in [6, 6.07) is 5.48. The first-order valence-electron chi connectivity index (χ1n) is 8.02. The van der Waals surface area contributed by atoms with Crippen LogP contribution in [0.2, 0.25) is 0 Å². The molecule has 1 aromatic rings. The molecule has 22 heavy (non-hydrogen) atoms. The standard InChI is InChI=1S/C17H24N2O3/c1-12-7-13(2)10-19(9-12)6-5-17(20)18-14-3-4-15-16(8-14)22-11-21-15/h3-4,8,12-13H,5-7,9-11H2,1-2H3,(H,18,20)/t12-,13-/m1/s1. The maximum Gasteiger partial charge on any atom is 0.231 e. The van der Waals surface area contributed by atoms with E-state index in [4.69, 9.17) is 9.47 Å². The number of piperidine rings is 1. The van der Waals surface area contributed by atoms with E-state index in [2.05, 4.69) is 24.1 Å². The largest absolute Gasteiger partial charge is 0.454 e. The summed E-state index contributed by atoms with van der Waals surface area (Å²) in [6.07, 6.45) is 1.81. The molecule has 0 saturated carbocycles. The van der Waals surface area contributed by atoms with Gasteiger partial charge in [0.05, 0.1) is 0 Å². The van der Waals surface area contributed by atoms with Gasteiger partial charge in [0.25, 0.3) is 0 Å². The summed E-state index contributed by atoms with van der Waals surface area (Å²) in [7, 11) is 0. The number of hydrogen-bond acceptors (Lipinski definition) is 4. The number of hydrogen-bond donors (Lipinski definition) is 1. The van der Waals surface area contributed by atoms with Crippen LogP contribution in [0.1, 0.15) is 26.7 Å². The molecule has 3 rings (SSSR count). The summed E-state index contributed by atoms with van der Waals surface area (Å²) in [4.78, 5) is 14.5. The quantitative estimate of drug-likeness (QED) is 0.929. The van der Waals surface area contributed by atoms with Crippen LogP contribution in [0.15, 0.2) is 18.2 Å². The SMILES string of the molecule is C[C@@H]1C[C@@H](C)CN(CCC(=O)Nc2ccc3c(c2)OCO3)C1. The highest BCUT2D eigenvalue weighted by Crippen LogP contribution is 2.34. The van der Waals surface area contributed by atoms with Gasteiger partial charge in [-0.1, -0.05) is 13.8 Å². The number of carbonyl (C=O) groups is 1. The Morgan fingerprint density at radius 2 is 1.95 bits per heavy atom. The Labute approximate surface area is 131 Å². The number of nitrogens with one attached hydrogen (secondary N) is 1. The van der Waals surface area contributed by atoms with E-state index in [1.807, 2.05) is 18.2 Å². The van der Waals surface area contributed by atoms with E-state index in [1.165, 1.54) is 6.42 Å². The highest BCUT2D eigenvalue weighted by Gasteiger charge is 2.22. The smallest absolute Gasteiger partial charge is 0.231 e. The Balaban J connectivity index is 1.48. The van der Waals surface area contributed by atoms with Gasteiger partial charge in [-0.15, -0.1) is 0 Å². The molecule has 2 aliphatic heterocycles. The van der Waals surface area contributed by atoms with Gasteiger partial charge in [-0.3, -0.25) is 4.79 Å². The number of fused-ring (bicyclic) bond motifs is 1. The van der Waals surface area contributed by atoms with E-state index in [1.54, 1.807) is 0 Å². The Morgan fingerprint density at radius 1 is 1.23 bits per heavy atom. The average Bonchev–Trinajstić information content (AvgIpc) is 2.92. The second-order valence-electron chi connectivity index (χ2n) is 6.57. The number of anilines is 1. The molecule has 2 atom stereocenters. The predicted molar refractivity (Wildman–Crippen MR) is 85.2 cm³/mol. The summed E-state index contributed by atoms with van der Waals surface area (Å²) in [5.41, 5.74) is 0.759. The van der Waals surface area contributed by atoms with Gasteiger partial charge in [-0.25, -0.2) is 0 Å². The molecule has 1 fully saturated rings. The summed E-state index contributed by atoms with van der Waals surface area (Å²) >= 11 is 0. The minimum Gasteiger partial charge on any atom is -0.454 e. The van der Waals surface area contributed by atoms with Crippen molar-refractivity contribution < 1.29 is 14.3 Å². The number of amides is 1. The van der Waals surface area contributed by atoms with E-state index in [0.717, 1.165) is 42.9 Å². The zero-order valence-electron chi connectivity index (χ0n) is 13.3. The molecule has 0 radical (unpaired) electrons. The average molecular weight is 304 g/mol. The first-order valence-corrected chi connectivity index (χ1v) is 8.02. The van der Waals surface area contributed by atoms with Crippen LogP contribution < -0.4 is 14.8 Å². The van der Waals surface area contributed by atoms with E-state index < -0.39 is 0 Å². The van der Waals surface area contributed by atoms with Gasteiger partial charge in [-0.05, 0) is 30.4 Å². The molecule has 0 bridgehead atoms. The molecular weight excluding hydrogens is 280 g/mol. The number of carbonyl (C=O) groups excluding carboxylic acids is 1. The molecule has 120 valence electrons.